The number of carbonyl (C=O) groups excluding carboxylic acids is 1. The molecule has 0 spiro atoms. The van der Waals surface area contributed by atoms with E-state index in [1.165, 1.54) is 0 Å². The number of amides is 1. The topological polar surface area (TPSA) is 68.7 Å². The molecule has 0 atom stereocenters. The van der Waals surface area contributed by atoms with E-state index in [-0.39, 0.29) is 17.1 Å². The average Bonchev–Trinajstić information content (AvgIpc) is 3.08. The van der Waals surface area contributed by atoms with Gasteiger partial charge >= 0.3 is 0 Å². The van der Waals surface area contributed by atoms with Crippen molar-refractivity contribution in [2.24, 2.45) is 0 Å². The first-order valence-electron chi connectivity index (χ1n) is 6.48. The molecule has 6 heteroatoms. The van der Waals surface area contributed by atoms with E-state index in [1.54, 1.807) is 29.4 Å². The fraction of sp³-hybridized carbons (Fsp3) is 0.429. The zero-order valence-corrected chi connectivity index (χ0v) is 11.5. The zero-order valence-electron chi connectivity index (χ0n) is 11.5. The molecule has 106 valence electrons. The van der Waals surface area contributed by atoms with Crippen molar-refractivity contribution in [3.05, 3.63) is 30.2 Å². The maximum Gasteiger partial charge on any atom is 0.276 e. The van der Waals surface area contributed by atoms with Crippen molar-refractivity contribution in [1.29, 1.82) is 0 Å². The van der Waals surface area contributed by atoms with Gasteiger partial charge in [0.15, 0.2) is 11.5 Å². The molecule has 0 aliphatic carbocycles. The molecule has 20 heavy (non-hydrogen) atoms. The monoisotopic (exact) mass is 276 g/mol. The molecule has 1 fully saturated rings. The van der Waals surface area contributed by atoms with Gasteiger partial charge in [-0.2, -0.15) is 0 Å². The number of aromatic nitrogens is 1. The van der Waals surface area contributed by atoms with Crippen LogP contribution in [0.4, 0.5) is 0 Å². The Bertz CT molecular complexity index is 600. The van der Waals surface area contributed by atoms with Crippen molar-refractivity contribution in [2.75, 3.05) is 19.8 Å². The van der Waals surface area contributed by atoms with Gasteiger partial charge in [0.05, 0.1) is 25.0 Å². The van der Waals surface area contributed by atoms with Gasteiger partial charge in [0.25, 0.3) is 5.91 Å². The molecule has 1 aliphatic heterocycles. The summed E-state index contributed by atoms with van der Waals surface area (Å²) in [5, 5.41) is 3.85. The van der Waals surface area contributed by atoms with E-state index < -0.39 is 0 Å². The maximum absolute atomic E-state index is 12.5. The van der Waals surface area contributed by atoms with Crippen LogP contribution in [0.1, 0.15) is 24.3 Å². The van der Waals surface area contributed by atoms with Crippen LogP contribution in [-0.2, 0) is 4.74 Å². The Morgan fingerprint density at radius 2 is 2.25 bits per heavy atom. The van der Waals surface area contributed by atoms with Gasteiger partial charge in [-0.15, -0.1) is 0 Å². The van der Waals surface area contributed by atoms with Crippen LogP contribution in [0.25, 0.3) is 11.5 Å². The highest BCUT2D eigenvalue weighted by Gasteiger charge is 2.35. The molecule has 0 radical (unpaired) electrons. The fourth-order valence-electron chi connectivity index (χ4n) is 2.28. The highest BCUT2D eigenvalue weighted by atomic mass is 16.5. The second kappa shape index (κ2) is 4.79. The van der Waals surface area contributed by atoms with Gasteiger partial charge in [-0.05, 0) is 26.0 Å². The molecule has 1 amide bonds. The predicted molar refractivity (Wildman–Crippen MR) is 70.1 cm³/mol. The maximum atomic E-state index is 12.5. The molecule has 0 saturated carbocycles. The summed E-state index contributed by atoms with van der Waals surface area (Å²) in [4.78, 5) is 14.3. The van der Waals surface area contributed by atoms with Gasteiger partial charge in [0, 0.05) is 12.6 Å². The molecule has 2 aromatic rings. The Hall–Kier alpha value is -2.08. The Morgan fingerprint density at radius 1 is 1.40 bits per heavy atom. The molecule has 0 unspecified atom stereocenters. The number of ether oxygens (including phenoxy) is 1. The first kappa shape index (κ1) is 12.9. The molecular formula is C14H16N2O4. The van der Waals surface area contributed by atoms with Crippen molar-refractivity contribution < 1.29 is 18.5 Å². The normalized spacial score (nSPS) is 18.2. The summed E-state index contributed by atoms with van der Waals surface area (Å²) < 4.78 is 15.8. The first-order valence-corrected chi connectivity index (χ1v) is 6.48. The molecule has 3 heterocycles. The van der Waals surface area contributed by atoms with Gasteiger partial charge in [-0.25, -0.2) is 0 Å². The van der Waals surface area contributed by atoms with Crippen molar-refractivity contribution in [3.63, 3.8) is 0 Å². The number of rotatable bonds is 2. The standard InChI is InChI=1S/C14H16N2O4/c1-14(2)9-18-7-5-16(14)13(17)10-8-12(20-15-10)11-4-3-6-19-11/h3-4,6,8H,5,7,9H2,1-2H3. The van der Waals surface area contributed by atoms with Crippen LogP contribution in [0.5, 0.6) is 0 Å². The highest BCUT2D eigenvalue weighted by molar-refractivity contribution is 5.93. The van der Waals surface area contributed by atoms with Gasteiger partial charge in [-0.1, -0.05) is 5.16 Å². The number of morpholine rings is 1. The molecule has 3 rings (SSSR count). The van der Waals surface area contributed by atoms with Crippen LogP contribution < -0.4 is 0 Å². The Kier molecular flexibility index (Phi) is 3.10. The Balaban J connectivity index is 1.84. The number of nitrogens with zero attached hydrogens (tertiary/aromatic N) is 2. The third-order valence-electron chi connectivity index (χ3n) is 3.38. The summed E-state index contributed by atoms with van der Waals surface area (Å²) in [5.74, 6) is 0.849. The quantitative estimate of drug-likeness (QED) is 0.841. The van der Waals surface area contributed by atoms with Crippen molar-refractivity contribution in [1.82, 2.24) is 10.1 Å². The smallest absolute Gasteiger partial charge is 0.276 e. The summed E-state index contributed by atoms with van der Waals surface area (Å²) in [5.41, 5.74) is -0.0644. The summed E-state index contributed by atoms with van der Waals surface area (Å²) in [7, 11) is 0. The number of hydrogen-bond acceptors (Lipinski definition) is 5. The third-order valence-corrected chi connectivity index (χ3v) is 3.38. The molecule has 0 N–H and O–H groups in total. The van der Waals surface area contributed by atoms with Crippen LogP contribution >= 0.6 is 0 Å². The minimum Gasteiger partial charge on any atom is -0.461 e. The third kappa shape index (κ3) is 2.22. The number of furan rings is 1. The summed E-state index contributed by atoms with van der Waals surface area (Å²) in [6.45, 7) is 5.55. The van der Waals surface area contributed by atoms with Crippen molar-refractivity contribution in [3.8, 4) is 11.5 Å². The molecule has 6 nitrogen and oxygen atoms in total. The predicted octanol–water partition coefficient (Wildman–Crippen LogP) is 2.19. The summed E-state index contributed by atoms with van der Waals surface area (Å²) >= 11 is 0. The molecule has 1 aliphatic rings. The lowest BCUT2D eigenvalue weighted by Gasteiger charge is -2.41. The van der Waals surface area contributed by atoms with Crippen molar-refractivity contribution >= 4 is 5.91 Å². The van der Waals surface area contributed by atoms with E-state index in [4.69, 9.17) is 13.7 Å². The minimum atomic E-state index is -0.348. The molecule has 0 aromatic carbocycles. The highest BCUT2D eigenvalue weighted by Crippen LogP contribution is 2.24. The number of carbonyl (C=O) groups is 1. The second-order valence-corrected chi connectivity index (χ2v) is 5.38. The zero-order chi connectivity index (χ0) is 14.2. The van der Waals surface area contributed by atoms with E-state index >= 15 is 0 Å². The van der Waals surface area contributed by atoms with Crippen LogP contribution in [0.15, 0.2) is 33.4 Å². The second-order valence-electron chi connectivity index (χ2n) is 5.38. The Morgan fingerprint density at radius 3 is 2.95 bits per heavy atom. The Labute approximate surface area is 116 Å². The van der Waals surface area contributed by atoms with Gasteiger partial charge in [0.2, 0.25) is 5.76 Å². The molecule has 2 aromatic heterocycles. The van der Waals surface area contributed by atoms with E-state index in [2.05, 4.69) is 5.16 Å². The van der Waals surface area contributed by atoms with Crippen LogP contribution in [0.2, 0.25) is 0 Å². The van der Waals surface area contributed by atoms with Gasteiger partial charge in [0.1, 0.15) is 0 Å². The van der Waals surface area contributed by atoms with Gasteiger partial charge < -0.3 is 18.6 Å². The van der Waals surface area contributed by atoms with E-state index in [9.17, 15) is 4.79 Å². The molecule has 1 saturated heterocycles. The van der Waals surface area contributed by atoms with E-state index in [0.717, 1.165) is 0 Å². The fourth-order valence-corrected chi connectivity index (χ4v) is 2.28. The lowest BCUT2D eigenvalue weighted by molar-refractivity contribution is -0.0374. The number of hydrogen-bond donors (Lipinski definition) is 0. The summed E-state index contributed by atoms with van der Waals surface area (Å²) in [6, 6.07) is 5.12. The largest absolute Gasteiger partial charge is 0.461 e. The first-order chi connectivity index (χ1) is 9.58. The lowest BCUT2D eigenvalue weighted by Crippen LogP contribution is -2.55. The molecule has 0 bridgehead atoms. The lowest BCUT2D eigenvalue weighted by atomic mass is 10.0. The summed E-state index contributed by atoms with van der Waals surface area (Å²) in [6.07, 6.45) is 1.55. The minimum absolute atomic E-state index is 0.153. The van der Waals surface area contributed by atoms with E-state index in [1.807, 2.05) is 13.8 Å². The van der Waals surface area contributed by atoms with Gasteiger partial charge in [-0.3, -0.25) is 4.79 Å². The van der Waals surface area contributed by atoms with Crippen LogP contribution in [0, 0.1) is 0 Å². The van der Waals surface area contributed by atoms with Crippen LogP contribution in [0.3, 0.4) is 0 Å². The average molecular weight is 276 g/mol. The van der Waals surface area contributed by atoms with Crippen molar-refractivity contribution in [2.45, 2.75) is 19.4 Å². The van der Waals surface area contributed by atoms with E-state index in [0.29, 0.717) is 31.3 Å². The SMILES string of the molecule is CC1(C)COCCN1C(=O)c1cc(-c2ccco2)on1. The van der Waals surface area contributed by atoms with Crippen LogP contribution in [-0.4, -0.2) is 41.3 Å². The molecular weight excluding hydrogens is 260 g/mol.